The lowest BCUT2D eigenvalue weighted by atomic mass is 10.2. The van der Waals surface area contributed by atoms with Gasteiger partial charge in [0.25, 0.3) is 5.91 Å². The monoisotopic (exact) mass is 568 g/mol. The third-order valence-corrected chi connectivity index (χ3v) is 5.90. The van der Waals surface area contributed by atoms with Crippen LogP contribution < -0.4 is 10.6 Å². The Hall–Kier alpha value is -4.11. The second kappa shape index (κ2) is 10.9. The molecule has 3 amide bonds. The summed E-state index contributed by atoms with van der Waals surface area (Å²) in [6.07, 6.45) is -5.09. The Balaban J connectivity index is 1.47. The predicted molar refractivity (Wildman–Crippen MR) is 130 cm³/mol. The molecule has 1 saturated carbocycles. The lowest BCUT2D eigenvalue weighted by Crippen LogP contribution is -2.50. The van der Waals surface area contributed by atoms with Crippen molar-refractivity contribution in [2.75, 3.05) is 11.9 Å². The van der Waals surface area contributed by atoms with Crippen LogP contribution in [0.15, 0.2) is 48.9 Å². The van der Waals surface area contributed by atoms with Crippen molar-refractivity contribution in [2.45, 2.75) is 37.3 Å². The molecule has 16 heteroatoms. The number of benzene rings is 1. The SMILES string of the molecule is N=C(c1ccc(Cl)cc1)N(C[C@H](O)C(F)(F)F)C(=O)NCc1ncn(-c2ncccc2NC(=O)C2(F)CC2)n1. The van der Waals surface area contributed by atoms with E-state index in [0.29, 0.717) is 9.92 Å². The van der Waals surface area contributed by atoms with Gasteiger partial charge in [-0.15, -0.1) is 5.10 Å². The molecule has 1 fully saturated rings. The predicted octanol–water partition coefficient (Wildman–Crippen LogP) is 3.22. The van der Waals surface area contributed by atoms with E-state index >= 15 is 0 Å². The lowest BCUT2D eigenvalue weighted by molar-refractivity contribution is -0.204. The molecule has 0 spiro atoms. The number of rotatable bonds is 8. The van der Waals surface area contributed by atoms with Gasteiger partial charge < -0.3 is 15.7 Å². The number of hydrogen-bond donors (Lipinski definition) is 4. The second-order valence-corrected chi connectivity index (χ2v) is 9.02. The molecule has 0 bridgehead atoms. The number of halogens is 5. The minimum Gasteiger partial charge on any atom is -0.382 e. The number of carbonyl (C=O) groups excluding carboxylic acids is 2. The second-order valence-electron chi connectivity index (χ2n) is 8.58. The van der Waals surface area contributed by atoms with Crippen LogP contribution in [0.1, 0.15) is 24.2 Å². The number of urea groups is 1. The van der Waals surface area contributed by atoms with Gasteiger partial charge >= 0.3 is 12.2 Å². The van der Waals surface area contributed by atoms with Gasteiger partial charge in [0.05, 0.1) is 18.8 Å². The number of alkyl halides is 4. The van der Waals surface area contributed by atoms with Crippen molar-refractivity contribution >= 4 is 35.1 Å². The van der Waals surface area contributed by atoms with Gasteiger partial charge in [0.1, 0.15) is 12.2 Å². The Kier molecular flexibility index (Phi) is 7.83. The summed E-state index contributed by atoms with van der Waals surface area (Å²) < 4.78 is 54.3. The minimum atomic E-state index is -5.03. The first-order chi connectivity index (χ1) is 18.4. The number of amides is 3. The molecular formula is C23H21ClF4N8O3. The summed E-state index contributed by atoms with van der Waals surface area (Å²) in [5.74, 6) is -1.31. The van der Waals surface area contributed by atoms with Crippen LogP contribution in [0.5, 0.6) is 0 Å². The zero-order valence-corrected chi connectivity index (χ0v) is 20.7. The summed E-state index contributed by atoms with van der Waals surface area (Å²) in [6.45, 7) is -1.62. The number of anilines is 1. The summed E-state index contributed by atoms with van der Waals surface area (Å²) in [7, 11) is 0. The molecule has 1 aliphatic rings. The zero-order chi connectivity index (χ0) is 28.4. The first-order valence-electron chi connectivity index (χ1n) is 11.4. The topological polar surface area (TPSA) is 149 Å². The Labute approximate surface area is 223 Å². The number of pyridine rings is 1. The first-order valence-corrected chi connectivity index (χ1v) is 11.8. The van der Waals surface area contributed by atoms with Crippen LogP contribution in [0.2, 0.25) is 5.02 Å². The highest BCUT2D eigenvalue weighted by Gasteiger charge is 2.51. The van der Waals surface area contributed by atoms with Crippen LogP contribution in [-0.4, -0.2) is 72.0 Å². The number of amidine groups is 1. The normalized spacial score (nSPS) is 14.8. The maximum Gasteiger partial charge on any atom is 0.416 e. The smallest absolute Gasteiger partial charge is 0.382 e. The van der Waals surface area contributed by atoms with Crippen LogP contribution in [-0.2, 0) is 11.3 Å². The fraction of sp³-hybridized carbons (Fsp3) is 0.304. The highest BCUT2D eigenvalue weighted by Crippen LogP contribution is 2.40. The molecule has 39 heavy (non-hydrogen) atoms. The Morgan fingerprint density at radius 1 is 1.21 bits per heavy atom. The Morgan fingerprint density at radius 2 is 1.90 bits per heavy atom. The molecule has 2 aromatic heterocycles. The van der Waals surface area contributed by atoms with Crippen molar-refractivity contribution in [1.82, 2.24) is 30.0 Å². The fourth-order valence-corrected chi connectivity index (χ4v) is 3.42. The van der Waals surface area contributed by atoms with Crippen molar-refractivity contribution in [3.05, 3.63) is 65.3 Å². The molecule has 3 aromatic rings. The molecule has 1 aliphatic carbocycles. The van der Waals surface area contributed by atoms with Gasteiger partial charge in [-0.1, -0.05) is 11.6 Å². The van der Waals surface area contributed by atoms with E-state index in [1.54, 1.807) is 0 Å². The Bertz CT molecular complexity index is 1380. The number of aromatic nitrogens is 4. The minimum absolute atomic E-state index is 0.00442. The summed E-state index contributed by atoms with van der Waals surface area (Å²) >= 11 is 5.81. The standard InChI is InChI=1S/C23H21ClF4N8O3/c24-14-5-3-13(4-6-14)18(29)35(11-16(37)23(26,27)28)21(39)31-10-17-32-12-36(34-17)19-15(2-1-9-30-19)33-20(38)22(25)7-8-22/h1-6,9,12,16,29,37H,7-8,10-11H2,(H,31,39)(H,33,38)/t16-/m0/s1. The summed E-state index contributed by atoms with van der Waals surface area (Å²) in [5, 5.41) is 27.0. The molecule has 1 atom stereocenters. The van der Waals surface area contributed by atoms with Crippen molar-refractivity contribution in [3.8, 4) is 5.82 Å². The molecule has 1 aromatic carbocycles. The molecule has 0 aliphatic heterocycles. The number of aliphatic hydroxyl groups is 1. The number of hydrogen-bond acceptors (Lipinski definition) is 7. The molecule has 4 N–H and O–H groups in total. The van der Waals surface area contributed by atoms with Gasteiger partial charge in [-0.3, -0.25) is 15.1 Å². The maximum atomic E-state index is 14.1. The van der Waals surface area contributed by atoms with Crippen LogP contribution in [0.4, 0.5) is 28.0 Å². The summed E-state index contributed by atoms with van der Waals surface area (Å²) in [5.41, 5.74) is -1.68. The number of carbonyl (C=O) groups is 2. The molecule has 0 saturated heterocycles. The summed E-state index contributed by atoms with van der Waals surface area (Å²) in [6, 6.07) is 7.35. The van der Waals surface area contributed by atoms with Gasteiger partial charge in [0, 0.05) is 16.8 Å². The fourth-order valence-electron chi connectivity index (χ4n) is 3.29. The van der Waals surface area contributed by atoms with Gasteiger partial charge in [-0.2, -0.15) is 13.2 Å². The van der Waals surface area contributed by atoms with E-state index in [1.807, 2.05) is 0 Å². The van der Waals surface area contributed by atoms with Crippen LogP contribution in [0.3, 0.4) is 0 Å². The van der Waals surface area contributed by atoms with E-state index in [2.05, 4.69) is 25.7 Å². The quantitative estimate of drug-likeness (QED) is 0.186. The molecule has 0 radical (unpaired) electrons. The van der Waals surface area contributed by atoms with Crippen molar-refractivity contribution in [1.29, 1.82) is 5.41 Å². The molecule has 206 valence electrons. The van der Waals surface area contributed by atoms with Crippen LogP contribution >= 0.6 is 11.6 Å². The Morgan fingerprint density at radius 3 is 2.54 bits per heavy atom. The molecular weight excluding hydrogens is 548 g/mol. The van der Waals surface area contributed by atoms with Crippen molar-refractivity contribution in [2.24, 2.45) is 0 Å². The molecule has 11 nitrogen and oxygen atoms in total. The first kappa shape index (κ1) is 27.9. The largest absolute Gasteiger partial charge is 0.416 e. The molecule has 2 heterocycles. The third kappa shape index (κ3) is 6.67. The van der Waals surface area contributed by atoms with Crippen molar-refractivity contribution < 1.29 is 32.3 Å². The van der Waals surface area contributed by atoms with Gasteiger partial charge in [0.2, 0.25) is 0 Å². The van der Waals surface area contributed by atoms with Gasteiger partial charge in [-0.05, 0) is 49.2 Å². The van der Waals surface area contributed by atoms with E-state index < -0.39 is 42.3 Å². The third-order valence-electron chi connectivity index (χ3n) is 5.65. The van der Waals surface area contributed by atoms with Gasteiger partial charge in [-0.25, -0.2) is 23.8 Å². The van der Waals surface area contributed by atoms with Crippen molar-refractivity contribution in [3.63, 3.8) is 0 Å². The average Bonchev–Trinajstić information content (AvgIpc) is 3.48. The van der Waals surface area contributed by atoms with E-state index in [9.17, 15) is 32.3 Å². The van der Waals surface area contributed by atoms with E-state index in [-0.39, 0.29) is 42.3 Å². The number of nitrogens with zero attached hydrogens (tertiary/aromatic N) is 5. The van der Waals surface area contributed by atoms with E-state index in [0.717, 1.165) is 4.68 Å². The maximum absolute atomic E-state index is 14.1. The molecule has 4 rings (SSSR count). The van der Waals surface area contributed by atoms with E-state index in [1.165, 1.54) is 48.9 Å². The van der Waals surface area contributed by atoms with Gasteiger partial charge in [0.15, 0.2) is 23.4 Å². The van der Waals surface area contributed by atoms with Crippen LogP contribution in [0, 0.1) is 5.41 Å². The number of nitrogens with one attached hydrogen (secondary N) is 3. The van der Waals surface area contributed by atoms with Crippen LogP contribution in [0.25, 0.3) is 5.82 Å². The average molecular weight is 569 g/mol. The highest BCUT2D eigenvalue weighted by atomic mass is 35.5. The lowest BCUT2D eigenvalue weighted by Gasteiger charge is -2.26. The van der Waals surface area contributed by atoms with E-state index in [4.69, 9.17) is 17.0 Å². The number of aliphatic hydroxyl groups excluding tert-OH is 1. The highest BCUT2D eigenvalue weighted by molar-refractivity contribution is 6.30. The summed E-state index contributed by atoms with van der Waals surface area (Å²) in [4.78, 5) is 33.5. The zero-order valence-electron chi connectivity index (χ0n) is 19.9. The molecule has 0 unspecified atom stereocenters.